The quantitative estimate of drug-likeness (QED) is 0.473. The van der Waals surface area contributed by atoms with Crippen LogP contribution in [0, 0.1) is 0 Å². The van der Waals surface area contributed by atoms with Crippen LogP contribution in [0.15, 0.2) is 0 Å². The van der Waals surface area contributed by atoms with Crippen LogP contribution in [-0.2, 0) is 4.74 Å². The van der Waals surface area contributed by atoms with E-state index in [-0.39, 0.29) is 0 Å². The van der Waals surface area contributed by atoms with Crippen LogP contribution in [0.2, 0.25) is 0 Å². The molecule has 13 heavy (non-hydrogen) atoms. The minimum absolute atomic E-state index is 0.568. The highest BCUT2D eigenvalue weighted by Crippen LogP contribution is 1.92. The Balaban J connectivity index is 3.42. The number of likely N-dealkylation sites (N-methyl/N-ethyl adjacent to an activating group) is 1. The van der Waals surface area contributed by atoms with Gasteiger partial charge in [0.1, 0.15) is 0 Å². The Morgan fingerprint density at radius 3 is 2.62 bits per heavy atom. The van der Waals surface area contributed by atoms with Gasteiger partial charge >= 0.3 is 0 Å². The molecule has 0 spiro atoms. The number of rotatable bonds is 8. The fraction of sp³-hybridized carbons (Fsp3) is 0.889. The third kappa shape index (κ3) is 8.15. The highest BCUT2D eigenvalue weighted by Gasteiger charge is 2.02. The Morgan fingerprint density at radius 2 is 2.15 bits per heavy atom. The van der Waals surface area contributed by atoms with Crippen LogP contribution in [0.4, 0.5) is 0 Å². The van der Waals surface area contributed by atoms with E-state index in [4.69, 9.17) is 22.7 Å². The maximum atomic E-state index is 5.46. The first kappa shape index (κ1) is 12.8. The molecule has 4 heteroatoms. The van der Waals surface area contributed by atoms with Crippen molar-refractivity contribution >= 4 is 17.2 Å². The smallest absolute Gasteiger partial charge is 0.0870 e. The molecule has 0 saturated carbocycles. The van der Waals surface area contributed by atoms with Gasteiger partial charge in [0.15, 0.2) is 0 Å². The molecule has 78 valence electrons. The van der Waals surface area contributed by atoms with Gasteiger partial charge in [0, 0.05) is 26.3 Å². The van der Waals surface area contributed by atoms with Crippen molar-refractivity contribution in [2.45, 2.75) is 20.3 Å². The standard InChI is InChI=1S/C9H20N2OS/c1-3-11(8-9(10)13)6-5-7-12-4-2/h3-8H2,1-2H3,(H2,10,13). The van der Waals surface area contributed by atoms with Gasteiger partial charge in [-0.25, -0.2) is 0 Å². The molecule has 0 amide bonds. The van der Waals surface area contributed by atoms with Gasteiger partial charge in [0.05, 0.1) is 4.99 Å². The van der Waals surface area contributed by atoms with E-state index in [0.717, 1.165) is 39.3 Å². The topological polar surface area (TPSA) is 38.5 Å². The number of thiocarbonyl (C=S) groups is 1. The van der Waals surface area contributed by atoms with E-state index in [1.807, 2.05) is 6.92 Å². The number of nitrogens with zero attached hydrogens (tertiary/aromatic N) is 1. The average Bonchev–Trinajstić information content (AvgIpc) is 2.09. The van der Waals surface area contributed by atoms with Crippen LogP contribution >= 0.6 is 12.2 Å². The Morgan fingerprint density at radius 1 is 1.46 bits per heavy atom. The minimum atomic E-state index is 0.568. The summed E-state index contributed by atoms with van der Waals surface area (Å²) in [6.45, 7) is 8.45. The summed E-state index contributed by atoms with van der Waals surface area (Å²) in [6.07, 6.45) is 1.05. The molecule has 0 aliphatic heterocycles. The van der Waals surface area contributed by atoms with Gasteiger partial charge < -0.3 is 10.5 Å². The molecule has 0 radical (unpaired) electrons. The van der Waals surface area contributed by atoms with E-state index in [1.165, 1.54) is 0 Å². The summed E-state index contributed by atoms with van der Waals surface area (Å²) in [5.74, 6) is 0. The summed E-state index contributed by atoms with van der Waals surface area (Å²) < 4.78 is 5.24. The number of hydrogen-bond donors (Lipinski definition) is 1. The highest BCUT2D eigenvalue weighted by atomic mass is 32.1. The summed E-state index contributed by atoms with van der Waals surface area (Å²) in [4.78, 5) is 2.79. The predicted octanol–water partition coefficient (Wildman–Crippen LogP) is 1.02. The monoisotopic (exact) mass is 204 g/mol. The summed E-state index contributed by atoms with van der Waals surface area (Å²) >= 11 is 4.84. The van der Waals surface area contributed by atoms with Crippen molar-refractivity contribution in [2.75, 3.05) is 32.8 Å². The van der Waals surface area contributed by atoms with E-state index in [1.54, 1.807) is 0 Å². The molecule has 2 N–H and O–H groups in total. The molecule has 3 nitrogen and oxygen atoms in total. The fourth-order valence-electron chi connectivity index (χ4n) is 1.10. The lowest BCUT2D eigenvalue weighted by Crippen LogP contribution is -2.33. The van der Waals surface area contributed by atoms with Crippen LogP contribution in [0.3, 0.4) is 0 Å². The van der Waals surface area contributed by atoms with Crippen molar-refractivity contribution in [2.24, 2.45) is 5.73 Å². The molecular weight excluding hydrogens is 184 g/mol. The van der Waals surface area contributed by atoms with Crippen molar-refractivity contribution in [3.05, 3.63) is 0 Å². The summed E-state index contributed by atoms with van der Waals surface area (Å²) in [6, 6.07) is 0. The first-order valence-corrected chi connectivity index (χ1v) is 5.19. The summed E-state index contributed by atoms with van der Waals surface area (Å²) in [5, 5.41) is 0. The molecule has 0 aliphatic rings. The fourth-order valence-corrected chi connectivity index (χ4v) is 1.29. The van der Waals surface area contributed by atoms with Gasteiger partial charge in [-0.1, -0.05) is 19.1 Å². The second-order valence-electron chi connectivity index (χ2n) is 2.89. The van der Waals surface area contributed by atoms with E-state index in [2.05, 4.69) is 11.8 Å². The molecule has 0 aromatic carbocycles. The van der Waals surface area contributed by atoms with Gasteiger partial charge in [-0.2, -0.15) is 0 Å². The van der Waals surface area contributed by atoms with Crippen LogP contribution in [0.5, 0.6) is 0 Å². The minimum Gasteiger partial charge on any atom is -0.392 e. The molecule has 0 bridgehead atoms. The molecule has 0 unspecified atom stereocenters. The first-order valence-electron chi connectivity index (χ1n) is 4.79. The predicted molar refractivity (Wildman–Crippen MR) is 60.0 cm³/mol. The lowest BCUT2D eigenvalue weighted by atomic mass is 10.4. The van der Waals surface area contributed by atoms with Gasteiger partial charge in [0.2, 0.25) is 0 Å². The lowest BCUT2D eigenvalue weighted by molar-refractivity contribution is 0.135. The molecule has 0 aromatic rings. The maximum absolute atomic E-state index is 5.46. The average molecular weight is 204 g/mol. The van der Waals surface area contributed by atoms with Crippen molar-refractivity contribution in [3.8, 4) is 0 Å². The largest absolute Gasteiger partial charge is 0.392 e. The number of ether oxygens (including phenoxy) is 1. The normalized spacial score (nSPS) is 10.7. The van der Waals surface area contributed by atoms with Crippen molar-refractivity contribution < 1.29 is 4.74 Å². The molecule has 0 aliphatic carbocycles. The maximum Gasteiger partial charge on any atom is 0.0870 e. The molecular formula is C9H20N2OS. The molecule has 0 atom stereocenters. The molecule has 0 aromatic heterocycles. The molecule has 0 fully saturated rings. The van der Waals surface area contributed by atoms with Crippen LogP contribution in [0.25, 0.3) is 0 Å². The zero-order valence-electron chi connectivity index (χ0n) is 8.58. The van der Waals surface area contributed by atoms with Gasteiger partial charge in [-0.3, -0.25) is 4.90 Å². The molecule has 0 rings (SSSR count). The van der Waals surface area contributed by atoms with Crippen LogP contribution in [0.1, 0.15) is 20.3 Å². The van der Waals surface area contributed by atoms with Crippen LogP contribution in [-0.4, -0.2) is 42.7 Å². The van der Waals surface area contributed by atoms with Crippen molar-refractivity contribution in [1.82, 2.24) is 4.90 Å². The Kier molecular flexibility index (Phi) is 8.29. The van der Waals surface area contributed by atoms with E-state index < -0.39 is 0 Å². The second-order valence-corrected chi connectivity index (χ2v) is 3.41. The first-order chi connectivity index (χ1) is 6.20. The Hall–Kier alpha value is -0.190. The van der Waals surface area contributed by atoms with Gasteiger partial charge in [-0.05, 0) is 19.9 Å². The zero-order chi connectivity index (χ0) is 10.1. The number of nitrogens with two attached hydrogens (primary N) is 1. The number of hydrogen-bond acceptors (Lipinski definition) is 3. The second kappa shape index (κ2) is 8.41. The molecule has 0 saturated heterocycles. The highest BCUT2D eigenvalue weighted by molar-refractivity contribution is 7.80. The lowest BCUT2D eigenvalue weighted by Gasteiger charge is -2.19. The van der Waals surface area contributed by atoms with E-state index >= 15 is 0 Å². The summed E-state index contributed by atoms with van der Waals surface area (Å²) in [5.41, 5.74) is 5.46. The van der Waals surface area contributed by atoms with Crippen molar-refractivity contribution in [3.63, 3.8) is 0 Å². The van der Waals surface area contributed by atoms with Crippen LogP contribution < -0.4 is 5.73 Å². The zero-order valence-corrected chi connectivity index (χ0v) is 9.40. The van der Waals surface area contributed by atoms with Gasteiger partial charge in [0.25, 0.3) is 0 Å². The Bertz CT molecular complexity index is 142. The van der Waals surface area contributed by atoms with E-state index in [9.17, 15) is 0 Å². The van der Waals surface area contributed by atoms with Gasteiger partial charge in [-0.15, -0.1) is 0 Å². The summed E-state index contributed by atoms with van der Waals surface area (Å²) in [7, 11) is 0. The molecule has 0 heterocycles. The third-order valence-electron chi connectivity index (χ3n) is 1.79. The SMILES string of the molecule is CCOCCCN(CC)CC(N)=S. The van der Waals surface area contributed by atoms with E-state index in [0.29, 0.717) is 4.99 Å². The Labute approximate surface area is 86.2 Å². The third-order valence-corrected chi connectivity index (χ3v) is 1.92. The van der Waals surface area contributed by atoms with Crippen molar-refractivity contribution in [1.29, 1.82) is 0 Å².